The molecule has 0 saturated heterocycles. The van der Waals surface area contributed by atoms with Crippen LogP contribution in [-0.4, -0.2) is 22.9 Å². The standard InChI is InChI=1S/C18H17ClN2O3/c1-11-5-4-6-13(9-11)14-7-8-15(24-14)18-17(19)12(2)20-21(18)10-16(22)23-3/h4-9H,10H2,1-3H3. The van der Waals surface area contributed by atoms with Crippen molar-refractivity contribution in [2.45, 2.75) is 20.4 Å². The number of carbonyl (C=O) groups is 1. The maximum atomic E-state index is 11.6. The summed E-state index contributed by atoms with van der Waals surface area (Å²) in [5.74, 6) is 0.884. The molecule has 0 saturated carbocycles. The molecular formula is C18H17ClN2O3. The van der Waals surface area contributed by atoms with E-state index in [9.17, 15) is 4.79 Å². The molecule has 0 amide bonds. The Morgan fingerprint density at radius 2 is 2.00 bits per heavy atom. The average Bonchev–Trinajstić information content (AvgIpc) is 3.13. The van der Waals surface area contributed by atoms with Gasteiger partial charge in [-0.2, -0.15) is 5.10 Å². The smallest absolute Gasteiger partial charge is 0.327 e. The zero-order valence-corrected chi connectivity index (χ0v) is 14.4. The number of esters is 1. The van der Waals surface area contributed by atoms with Crippen LogP contribution in [0.4, 0.5) is 0 Å². The summed E-state index contributed by atoms with van der Waals surface area (Å²) in [5, 5.41) is 4.76. The van der Waals surface area contributed by atoms with Gasteiger partial charge in [-0.3, -0.25) is 4.79 Å². The van der Waals surface area contributed by atoms with Gasteiger partial charge in [-0.1, -0.05) is 35.4 Å². The highest BCUT2D eigenvalue weighted by molar-refractivity contribution is 6.33. The molecule has 0 aliphatic rings. The van der Waals surface area contributed by atoms with E-state index in [2.05, 4.69) is 5.10 Å². The number of rotatable bonds is 4. The first-order chi connectivity index (χ1) is 11.5. The largest absolute Gasteiger partial charge is 0.468 e. The molecule has 3 aromatic rings. The summed E-state index contributed by atoms with van der Waals surface area (Å²) in [6, 6.07) is 11.7. The van der Waals surface area contributed by atoms with Gasteiger partial charge in [0.15, 0.2) is 5.76 Å². The molecule has 2 heterocycles. The summed E-state index contributed by atoms with van der Waals surface area (Å²) in [5.41, 5.74) is 3.32. The molecule has 0 radical (unpaired) electrons. The topological polar surface area (TPSA) is 57.3 Å². The number of aromatic nitrogens is 2. The van der Waals surface area contributed by atoms with Gasteiger partial charge in [0.1, 0.15) is 18.0 Å². The Bertz CT molecular complexity index is 896. The van der Waals surface area contributed by atoms with E-state index < -0.39 is 5.97 Å². The van der Waals surface area contributed by atoms with E-state index in [1.807, 2.05) is 43.3 Å². The molecule has 1 aromatic carbocycles. The van der Waals surface area contributed by atoms with Gasteiger partial charge in [0.25, 0.3) is 0 Å². The predicted molar refractivity (Wildman–Crippen MR) is 91.9 cm³/mol. The minimum Gasteiger partial charge on any atom is -0.468 e. The van der Waals surface area contributed by atoms with E-state index in [0.29, 0.717) is 22.2 Å². The first-order valence-electron chi connectivity index (χ1n) is 7.46. The van der Waals surface area contributed by atoms with Crippen LogP contribution in [0.1, 0.15) is 11.3 Å². The van der Waals surface area contributed by atoms with Crippen LogP contribution in [0.25, 0.3) is 22.8 Å². The quantitative estimate of drug-likeness (QED) is 0.664. The minimum atomic E-state index is -0.402. The number of nitrogens with zero attached hydrogens (tertiary/aromatic N) is 2. The van der Waals surface area contributed by atoms with E-state index in [4.69, 9.17) is 20.8 Å². The van der Waals surface area contributed by atoms with Crippen LogP contribution in [0.15, 0.2) is 40.8 Å². The molecule has 0 spiro atoms. The Morgan fingerprint density at radius 3 is 2.71 bits per heavy atom. The van der Waals surface area contributed by atoms with Crippen LogP contribution >= 0.6 is 11.6 Å². The predicted octanol–water partition coefficient (Wildman–Crippen LogP) is 4.25. The number of halogens is 1. The Labute approximate surface area is 144 Å². The minimum absolute atomic E-state index is 0.0279. The zero-order valence-electron chi connectivity index (χ0n) is 13.7. The Hall–Kier alpha value is -2.53. The maximum Gasteiger partial charge on any atom is 0.327 e. The van der Waals surface area contributed by atoms with E-state index in [1.165, 1.54) is 11.8 Å². The van der Waals surface area contributed by atoms with Crippen molar-refractivity contribution in [1.29, 1.82) is 0 Å². The third-order valence-electron chi connectivity index (χ3n) is 3.70. The van der Waals surface area contributed by atoms with Crippen molar-refractivity contribution in [3.8, 4) is 22.8 Å². The van der Waals surface area contributed by atoms with Gasteiger partial charge in [-0.25, -0.2) is 4.68 Å². The monoisotopic (exact) mass is 344 g/mol. The van der Waals surface area contributed by atoms with Crippen molar-refractivity contribution in [1.82, 2.24) is 9.78 Å². The number of furan rings is 1. The third-order valence-corrected chi connectivity index (χ3v) is 4.16. The molecule has 3 rings (SSSR count). The molecule has 0 bridgehead atoms. The van der Waals surface area contributed by atoms with Crippen LogP contribution in [0.2, 0.25) is 5.02 Å². The Morgan fingerprint density at radius 1 is 1.25 bits per heavy atom. The lowest BCUT2D eigenvalue weighted by molar-refractivity contribution is -0.141. The first kappa shape index (κ1) is 16.3. The lowest BCUT2D eigenvalue weighted by Crippen LogP contribution is -2.13. The van der Waals surface area contributed by atoms with Crippen molar-refractivity contribution in [3.05, 3.63) is 52.7 Å². The molecular weight excluding hydrogens is 328 g/mol. The maximum absolute atomic E-state index is 11.6. The number of benzene rings is 1. The second-order valence-electron chi connectivity index (χ2n) is 5.52. The van der Waals surface area contributed by atoms with E-state index in [1.54, 1.807) is 6.92 Å². The van der Waals surface area contributed by atoms with Crippen molar-refractivity contribution >= 4 is 17.6 Å². The SMILES string of the molecule is COC(=O)Cn1nc(C)c(Cl)c1-c1ccc(-c2cccc(C)c2)o1. The summed E-state index contributed by atoms with van der Waals surface area (Å²) in [7, 11) is 1.34. The van der Waals surface area contributed by atoms with Gasteiger partial charge in [0, 0.05) is 5.56 Å². The molecule has 5 nitrogen and oxygen atoms in total. The van der Waals surface area contributed by atoms with Crippen molar-refractivity contribution in [2.24, 2.45) is 0 Å². The molecule has 0 aliphatic heterocycles. The van der Waals surface area contributed by atoms with Gasteiger partial charge in [-0.05, 0) is 32.0 Å². The number of hydrogen-bond donors (Lipinski definition) is 0. The highest BCUT2D eigenvalue weighted by atomic mass is 35.5. The summed E-state index contributed by atoms with van der Waals surface area (Å²) in [6.07, 6.45) is 0. The van der Waals surface area contributed by atoms with Crippen LogP contribution in [0, 0.1) is 13.8 Å². The number of ether oxygens (including phenoxy) is 1. The summed E-state index contributed by atoms with van der Waals surface area (Å²) in [6.45, 7) is 3.78. The summed E-state index contributed by atoms with van der Waals surface area (Å²) < 4.78 is 12.2. The van der Waals surface area contributed by atoms with Gasteiger partial charge >= 0.3 is 5.97 Å². The van der Waals surface area contributed by atoms with Gasteiger partial charge < -0.3 is 9.15 Å². The molecule has 124 valence electrons. The molecule has 0 aliphatic carbocycles. The van der Waals surface area contributed by atoms with Gasteiger partial charge in [0.2, 0.25) is 0 Å². The van der Waals surface area contributed by atoms with Crippen LogP contribution in [0.3, 0.4) is 0 Å². The summed E-state index contributed by atoms with van der Waals surface area (Å²) in [4.78, 5) is 11.6. The molecule has 0 N–H and O–H groups in total. The van der Waals surface area contributed by atoms with Crippen LogP contribution < -0.4 is 0 Å². The fraction of sp³-hybridized carbons (Fsp3) is 0.222. The molecule has 0 unspecified atom stereocenters. The lowest BCUT2D eigenvalue weighted by atomic mass is 10.1. The lowest BCUT2D eigenvalue weighted by Gasteiger charge is -2.05. The Balaban J connectivity index is 2.02. The fourth-order valence-electron chi connectivity index (χ4n) is 2.51. The van der Waals surface area contributed by atoms with Crippen LogP contribution in [0.5, 0.6) is 0 Å². The number of methoxy groups -OCH3 is 1. The highest BCUT2D eigenvalue weighted by Crippen LogP contribution is 2.34. The average molecular weight is 345 g/mol. The number of carbonyl (C=O) groups excluding carboxylic acids is 1. The number of hydrogen-bond acceptors (Lipinski definition) is 4. The molecule has 6 heteroatoms. The zero-order chi connectivity index (χ0) is 17.3. The molecule has 0 fully saturated rings. The van der Waals surface area contributed by atoms with Gasteiger partial charge in [0.05, 0.1) is 17.8 Å². The second kappa shape index (κ2) is 6.53. The van der Waals surface area contributed by atoms with Crippen molar-refractivity contribution in [2.75, 3.05) is 7.11 Å². The van der Waals surface area contributed by atoms with Crippen molar-refractivity contribution in [3.63, 3.8) is 0 Å². The first-order valence-corrected chi connectivity index (χ1v) is 7.84. The second-order valence-corrected chi connectivity index (χ2v) is 5.89. The molecule has 0 atom stereocenters. The molecule has 2 aromatic heterocycles. The third kappa shape index (κ3) is 3.08. The Kier molecular flexibility index (Phi) is 4.44. The number of aryl methyl sites for hydroxylation is 2. The van der Waals surface area contributed by atoms with E-state index in [0.717, 1.165) is 16.9 Å². The van der Waals surface area contributed by atoms with E-state index in [-0.39, 0.29) is 6.54 Å². The highest BCUT2D eigenvalue weighted by Gasteiger charge is 2.20. The normalized spacial score (nSPS) is 10.8. The van der Waals surface area contributed by atoms with E-state index >= 15 is 0 Å². The fourth-order valence-corrected chi connectivity index (χ4v) is 2.74. The van der Waals surface area contributed by atoms with Crippen molar-refractivity contribution < 1.29 is 13.9 Å². The molecule has 24 heavy (non-hydrogen) atoms. The van der Waals surface area contributed by atoms with Crippen LogP contribution in [-0.2, 0) is 16.1 Å². The summed E-state index contributed by atoms with van der Waals surface area (Å²) >= 11 is 6.36. The van der Waals surface area contributed by atoms with Gasteiger partial charge in [-0.15, -0.1) is 0 Å².